The number of rotatable bonds is 7. The zero-order valence-corrected chi connectivity index (χ0v) is 14.9. The third-order valence-electron chi connectivity index (χ3n) is 3.68. The zero-order valence-electron chi connectivity index (χ0n) is 14.1. The van der Waals surface area contributed by atoms with E-state index < -0.39 is 9.84 Å². The molecule has 124 valence electrons. The van der Waals surface area contributed by atoms with E-state index in [9.17, 15) is 13.2 Å². The predicted molar refractivity (Wildman–Crippen MR) is 90.8 cm³/mol. The Hall–Kier alpha value is -1.36. The lowest BCUT2D eigenvalue weighted by molar-refractivity contribution is -0.123. The maximum atomic E-state index is 12.4. The quantitative estimate of drug-likeness (QED) is 0.838. The molecule has 0 aliphatic carbocycles. The summed E-state index contributed by atoms with van der Waals surface area (Å²) in [6.45, 7) is 8.42. The van der Waals surface area contributed by atoms with Crippen molar-refractivity contribution in [1.82, 2.24) is 5.32 Å². The number of hydrogen-bond donors (Lipinski definition) is 1. The molecule has 0 aliphatic rings. The van der Waals surface area contributed by atoms with E-state index in [4.69, 9.17) is 0 Å². The van der Waals surface area contributed by atoms with Crippen molar-refractivity contribution in [2.45, 2.75) is 39.5 Å². The monoisotopic (exact) mass is 325 g/mol. The Labute approximate surface area is 134 Å². The van der Waals surface area contributed by atoms with Crippen molar-refractivity contribution in [3.8, 4) is 0 Å². The van der Waals surface area contributed by atoms with E-state index in [1.807, 2.05) is 26.0 Å². The third-order valence-corrected chi connectivity index (χ3v) is 4.63. The Morgan fingerprint density at radius 3 is 1.95 bits per heavy atom. The van der Waals surface area contributed by atoms with E-state index in [1.165, 1.54) is 11.8 Å². The van der Waals surface area contributed by atoms with Crippen LogP contribution in [-0.4, -0.2) is 32.9 Å². The largest absolute Gasteiger partial charge is 0.355 e. The first-order valence-corrected chi connectivity index (χ1v) is 9.73. The van der Waals surface area contributed by atoms with Crippen LogP contribution >= 0.6 is 0 Å². The Kier molecular flexibility index (Phi) is 6.60. The molecule has 0 heterocycles. The maximum absolute atomic E-state index is 12.4. The minimum Gasteiger partial charge on any atom is -0.355 e. The van der Waals surface area contributed by atoms with Crippen molar-refractivity contribution in [3.05, 3.63) is 35.4 Å². The van der Waals surface area contributed by atoms with Crippen LogP contribution in [0.1, 0.15) is 50.7 Å². The van der Waals surface area contributed by atoms with Crippen LogP contribution < -0.4 is 5.32 Å². The zero-order chi connectivity index (χ0) is 16.9. The van der Waals surface area contributed by atoms with Crippen LogP contribution in [0.5, 0.6) is 0 Å². The second-order valence-electron chi connectivity index (χ2n) is 6.46. The molecule has 0 aliphatic heterocycles. The summed E-state index contributed by atoms with van der Waals surface area (Å²) in [4.78, 5) is 12.4. The van der Waals surface area contributed by atoms with Crippen LogP contribution in [0, 0.1) is 5.92 Å². The molecular formula is C17H27NO3S. The second kappa shape index (κ2) is 7.77. The summed E-state index contributed by atoms with van der Waals surface area (Å²) in [7, 11) is -3.06. The predicted octanol–water partition coefficient (Wildman–Crippen LogP) is 2.71. The van der Waals surface area contributed by atoms with Gasteiger partial charge in [0.2, 0.25) is 5.91 Å². The van der Waals surface area contributed by atoms with Gasteiger partial charge in [0.1, 0.15) is 9.84 Å². The fraction of sp³-hybridized carbons (Fsp3) is 0.588. The molecule has 0 bridgehead atoms. The number of carbonyl (C=O) groups excluding carboxylic acids is 1. The summed E-state index contributed by atoms with van der Waals surface area (Å²) in [5, 5.41) is 2.74. The molecular weight excluding hydrogens is 298 g/mol. The SMILES string of the molecule is CC(C)c1ccc(C(C(=O)NCCS(C)(=O)=O)C(C)C)cc1. The van der Waals surface area contributed by atoms with Gasteiger partial charge >= 0.3 is 0 Å². The molecule has 1 amide bonds. The standard InChI is InChI=1S/C17H27NO3S/c1-12(2)14-6-8-15(9-7-14)16(13(3)4)17(19)18-10-11-22(5,20)21/h6-9,12-13,16H,10-11H2,1-5H3,(H,18,19). The van der Waals surface area contributed by atoms with Crippen molar-refractivity contribution in [2.24, 2.45) is 5.92 Å². The smallest absolute Gasteiger partial charge is 0.227 e. The van der Waals surface area contributed by atoms with Crippen LogP contribution in [0.3, 0.4) is 0 Å². The van der Waals surface area contributed by atoms with E-state index in [1.54, 1.807) is 0 Å². The molecule has 0 saturated heterocycles. The van der Waals surface area contributed by atoms with Crippen molar-refractivity contribution < 1.29 is 13.2 Å². The maximum Gasteiger partial charge on any atom is 0.227 e. The molecule has 5 heteroatoms. The normalized spacial score (nSPS) is 13.4. The number of nitrogens with one attached hydrogen (secondary N) is 1. The summed E-state index contributed by atoms with van der Waals surface area (Å²) in [6, 6.07) is 8.10. The summed E-state index contributed by atoms with van der Waals surface area (Å²) < 4.78 is 22.3. The van der Waals surface area contributed by atoms with Crippen LogP contribution in [0.2, 0.25) is 0 Å². The number of benzene rings is 1. The average molecular weight is 325 g/mol. The van der Waals surface area contributed by atoms with Gasteiger partial charge in [0.25, 0.3) is 0 Å². The van der Waals surface area contributed by atoms with Crippen LogP contribution in [-0.2, 0) is 14.6 Å². The number of hydrogen-bond acceptors (Lipinski definition) is 3. The molecule has 1 aromatic carbocycles. The van der Waals surface area contributed by atoms with Gasteiger partial charge in [-0.05, 0) is 23.0 Å². The van der Waals surface area contributed by atoms with Crippen LogP contribution in [0.4, 0.5) is 0 Å². The van der Waals surface area contributed by atoms with E-state index >= 15 is 0 Å². The van der Waals surface area contributed by atoms with Crippen molar-refractivity contribution in [3.63, 3.8) is 0 Å². The molecule has 1 unspecified atom stereocenters. The van der Waals surface area contributed by atoms with Gasteiger partial charge < -0.3 is 5.32 Å². The van der Waals surface area contributed by atoms with Crippen molar-refractivity contribution >= 4 is 15.7 Å². The molecule has 1 atom stereocenters. The molecule has 1 aromatic rings. The molecule has 0 spiro atoms. The molecule has 0 aromatic heterocycles. The average Bonchev–Trinajstić information content (AvgIpc) is 2.37. The van der Waals surface area contributed by atoms with Gasteiger partial charge in [0.05, 0.1) is 11.7 Å². The third kappa shape index (κ3) is 5.79. The highest BCUT2D eigenvalue weighted by molar-refractivity contribution is 7.90. The molecule has 4 nitrogen and oxygen atoms in total. The summed E-state index contributed by atoms with van der Waals surface area (Å²) in [6.07, 6.45) is 1.17. The van der Waals surface area contributed by atoms with Gasteiger partial charge in [0, 0.05) is 12.8 Å². The lowest BCUT2D eigenvalue weighted by Gasteiger charge is -2.21. The van der Waals surface area contributed by atoms with Gasteiger partial charge in [-0.25, -0.2) is 8.42 Å². The highest BCUT2D eigenvalue weighted by atomic mass is 32.2. The number of amides is 1. The van der Waals surface area contributed by atoms with Gasteiger partial charge in [-0.1, -0.05) is 52.0 Å². The summed E-state index contributed by atoms with van der Waals surface area (Å²) in [5.41, 5.74) is 2.21. The van der Waals surface area contributed by atoms with Gasteiger partial charge in [-0.2, -0.15) is 0 Å². The minimum absolute atomic E-state index is 0.0319. The lowest BCUT2D eigenvalue weighted by Crippen LogP contribution is -2.35. The molecule has 0 radical (unpaired) electrons. The Morgan fingerprint density at radius 1 is 1.05 bits per heavy atom. The topological polar surface area (TPSA) is 63.2 Å². The molecule has 0 fully saturated rings. The van der Waals surface area contributed by atoms with Crippen molar-refractivity contribution in [1.29, 1.82) is 0 Å². The fourth-order valence-electron chi connectivity index (χ4n) is 2.40. The molecule has 1 N–H and O–H groups in total. The Morgan fingerprint density at radius 2 is 1.55 bits per heavy atom. The first-order chi connectivity index (χ1) is 10.1. The van der Waals surface area contributed by atoms with Gasteiger partial charge in [0.15, 0.2) is 0 Å². The van der Waals surface area contributed by atoms with E-state index in [0.717, 1.165) is 5.56 Å². The first-order valence-electron chi connectivity index (χ1n) is 7.67. The highest BCUT2D eigenvalue weighted by Gasteiger charge is 2.24. The number of sulfone groups is 1. The molecule has 1 rings (SSSR count). The minimum atomic E-state index is -3.06. The summed E-state index contributed by atoms with van der Waals surface area (Å²) in [5.74, 6) is 0.186. The Bertz CT molecular complexity index is 589. The fourth-order valence-corrected chi connectivity index (χ4v) is 2.87. The highest BCUT2D eigenvalue weighted by Crippen LogP contribution is 2.26. The van der Waals surface area contributed by atoms with E-state index in [0.29, 0.717) is 5.92 Å². The van der Waals surface area contributed by atoms with E-state index in [-0.39, 0.29) is 30.0 Å². The van der Waals surface area contributed by atoms with E-state index in [2.05, 4.69) is 31.3 Å². The Balaban J connectivity index is 2.82. The summed E-state index contributed by atoms with van der Waals surface area (Å²) >= 11 is 0. The number of carbonyl (C=O) groups is 1. The first kappa shape index (κ1) is 18.7. The second-order valence-corrected chi connectivity index (χ2v) is 8.72. The lowest BCUT2D eigenvalue weighted by atomic mass is 9.86. The van der Waals surface area contributed by atoms with Crippen molar-refractivity contribution in [2.75, 3.05) is 18.6 Å². The van der Waals surface area contributed by atoms with Gasteiger partial charge in [-0.15, -0.1) is 0 Å². The van der Waals surface area contributed by atoms with Crippen LogP contribution in [0.15, 0.2) is 24.3 Å². The van der Waals surface area contributed by atoms with Crippen LogP contribution in [0.25, 0.3) is 0 Å². The molecule has 0 saturated carbocycles. The van der Waals surface area contributed by atoms with Gasteiger partial charge in [-0.3, -0.25) is 4.79 Å². The molecule has 22 heavy (non-hydrogen) atoms.